The molecule has 5 nitrogen and oxygen atoms in total. The summed E-state index contributed by atoms with van der Waals surface area (Å²) in [5, 5.41) is 14.4. The molecule has 0 bridgehead atoms. The van der Waals surface area contributed by atoms with Gasteiger partial charge in [-0.2, -0.15) is 4.98 Å². The van der Waals surface area contributed by atoms with Crippen molar-refractivity contribution in [2.24, 2.45) is 0 Å². The van der Waals surface area contributed by atoms with Gasteiger partial charge in [-0.25, -0.2) is 4.98 Å². The van der Waals surface area contributed by atoms with Crippen molar-refractivity contribution in [3.05, 3.63) is 42.2 Å². The molecule has 1 aliphatic carbocycles. The quantitative estimate of drug-likeness (QED) is 0.586. The van der Waals surface area contributed by atoms with Gasteiger partial charge >= 0.3 is 0 Å². The molecule has 1 aliphatic rings. The van der Waals surface area contributed by atoms with Crippen molar-refractivity contribution in [3.8, 4) is 11.1 Å². The van der Waals surface area contributed by atoms with Gasteiger partial charge in [0.05, 0.1) is 6.10 Å². The van der Waals surface area contributed by atoms with Crippen molar-refractivity contribution in [2.45, 2.75) is 64.5 Å². The Balaban J connectivity index is 1.75. The lowest BCUT2D eigenvalue weighted by atomic mass is 9.93. The molecule has 0 spiro atoms. The van der Waals surface area contributed by atoms with Crippen LogP contribution in [-0.4, -0.2) is 32.3 Å². The van der Waals surface area contributed by atoms with Crippen LogP contribution in [0.1, 0.15) is 57.1 Å². The van der Waals surface area contributed by atoms with Crippen molar-refractivity contribution < 1.29 is 5.11 Å². The maximum absolute atomic E-state index is 9.92. The fourth-order valence-corrected chi connectivity index (χ4v) is 4.07. The lowest BCUT2D eigenvalue weighted by Crippen LogP contribution is -2.21. The number of benzene rings is 1. The van der Waals surface area contributed by atoms with E-state index in [0.717, 1.165) is 56.1 Å². The Morgan fingerprint density at radius 2 is 1.89 bits per heavy atom. The summed E-state index contributed by atoms with van der Waals surface area (Å²) < 4.78 is 2.32. The molecule has 28 heavy (non-hydrogen) atoms. The van der Waals surface area contributed by atoms with Crippen LogP contribution in [-0.2, 0) is 0 Å². The van der Waals surface area contributed by atoms with Crippen molar-refractivity contribution >= 4 is 17.0 Å². The van der Waals surface area contributed by atoms with E-state index in [9.17, 15) is 5.11 Å². The largest absolute Gasteiger partial charge is 0.393 e. The number of aryl methyl sites for hydroxylation is 1. The molecular weight excluding hydrogens is 348 g/mol. The van der Waals surface area contributed by atoms with Crippen molar-refractivity contribution in [3.63, 3.8) is 0 Å². The maximum Gasteiger partial charge on any atom is 0.224 e. The average Bonchev–Trinajstić information content (AvgIpc) is 3.08. The first kappa shape index (κ1) is 18.9. The van der Waals surface area contributed by atoms with Crippen LogP contribution in [0.3, 0.4) is 0 Å². The summed E-state index contributed by atoms with van der Waals surface area (Å²) >= 11 is 0. The number of unbranched alkanes of at least 4 members (excludes halogenated alkanes) is 1. The van der Waals surface area contributed by atoms with E-state index in [1.165, 1.54) is 16.7 Å². The molecule has 1 saturated carbocycles. The van der Waals surface area contributed by atoms with Crippen LogP contribution in [0.15, 0.2) is 36.7 Å². The summed E-state index contributed by atoms with van der Waals surface area (Å²) in [5.41, 5.74) is 4.63. The number of hydrogen-bond acceptors (Lipinski definition) is 4. The molecule has 2 N–H and O–H groups in total. The third kappa shape index (κ3) is 3.90. The molecule has 148 valence electrons. The summed E-state index contributed by atoms with van der Waals surface area (Å²) in [5.74, 6) is 0.701. The molecule has 0 saturated heterocycles. The number of anilines is 1. The average molecular weight is 379 g/mol. The van der Waals surface area contributed by atoms with E-state index in [1.807, 2.05) is 6.20 Å². The number of aliphatic hydroxyl groups excluding tert-OH is 1. The normalized spacial score (nSPS) is 19.8. The van der Waals surface area contributed by atoms with Crippen molar-refractivity contribution in [1.29, 1.82) is 0 Å². The fourth-order valence-electron chi connectivity index (χ4n) is 4.07. The van der Waals surface area contributed by atoms with Gasteiger partial charge in [0.15, 0.2) is 0 Å². The standard InChI is InChI=1S/C23H30N4O/c1-3-4-13-24-23-25-14-20-21(17-7-5-16(2)6-8-17)15-27(22(20)26-23)18-9-11-19(28)12-10-18/h5-8,14-15,18-19,28H,3-4,9-13H2,1-2H3,(H,24,25,26)/t18-,19-. The van der Waals surface area contributed by atoms with Gasteiger partial charge in [-0.05, 0) is 44.6 Å². The SMILES string of the molecule is CCCCNc1ncc2c(-c3ccc(C)cc3)cn([C@H]3CC[C@H](O)CC3)c2n1. The van der Waals surface area contributed by atoms with E-state index in [1.54, 1.807) is 0 Å². The molecule has 0 aliphatic heterocycles. The number of hydrogen-bond donors (Lipinski definition) is 2. The number of nitrogens with one attached hydrogen (secondary N) is 1. The minimum absolute atomic E-state index is 0.157. The van der Waals surface area contributed by atoms with Gasteiger partial charge in [0.1, 0.15) is 5.65 Å². The van der Waals surface area contributed by atoms with Gasteiger partial charge < -0.3 is 15.0 Å². The van der Waals surface area contributed by atoms with Crippen LogP contribution in [0, 0.1) is 6.92 Å². The van der Waals surface area contributed by atoms with E-state index in [-0.39, 0.29) is 6.10 Å². The zero-order valence-electron chi connectivity index (χ0n) is 16.9. The highest BCUT2D eigenvalue weighted by atomic mass is 16.3. The lowest BCUT2D eigenvalue weighted by Gasteiger charge is -2.27. The number of aromatic nitrogens is 3. The molecule has 3 aromatic rings. The van der Waals surface area contributed by atoms with Crippen LogP contribution in [0.5, 0.6) is 0 Å². The molecule has 0 atom stereocenters. The summed E-state index contributed by atoms with van der Waals surface area (Å²) in [6.45, 7) is 5.18. The predicted octanol–water partition coefficient (Wildman–Crippen LogP) is 5.09. The molecule has 4 rings (SSSR count). The lowest BCUT2D eigenvalue weighted by molar-refractivity contribution is 0.111. The Hall–Kier alpha value is -2.40. The summed E-state index contributed by atoms with van der Waals surface area (Å²) in [4.78, 5) is 9.46. The summed E-state index contributed by atoms with van der Waals surface area (Å²) in [6.07, 6.45) is 9.98. The van der Waals surface area contributed by atoms with Crippen LogP contribution >= 0.6 is 0 Å². The Labute approximate surface area is 166 Å². The first-order valence-electron chi connectivity index (χ1n) is 10.5. The topological polar surface area (TPSA) is 63.0 Å². The zero-order chi connectivity index (χ0) is 19.5. The zero-order valence-corrected chi connectivity index (χ0v) is 16.9. The highest BCUT2D eigenvalue weighted by Gasteiger charge is 2.24. The van der Waals surface area contributed by atoms with E-state index in [4.69, 9.17) is 4.98 Å². The third-order valence-electron chi connectivity index (χ3n) is 5.81. The number of nitrogens with zero attached hydrogens (tertiary/aromatic N) is 3. The first-order valence-corrected chi connectivity index (χ1v) is 10.5. The highest BCUT2D eigenvalue weighted by Crippen LogP contribution is 2.36. The van der Waals surface area contributed by atoms with Crippen LogP contribution < -0.4 is 5.32 Å². The Morgan fingerprint density at radius 1 is 1.14 bits per heavy atom. The second-order valence-electron chi connectivity index (χ2n) is 7.99. The monoisotopic (exact) mass is 378 g/mol. The maximum atomic E-state index is 9.92. The first-order chi connectivity index (χ1) is 13.7. The smallest absolute Gasteiger partial charge is 0.224 e. The molecule has 2 heterocycles. The van der Waals surface area contributed by atoms with Gasteiger partial charge in [0.2, 0.25) is 5.95 Å². The molecule has 5 heteroatoms. The Morgan fingerprint density at radius 3 is 2.61 bits per heavy atom. The van der Waals surface area contributed by atoms with Crippen LogP contribution in [0.25, 0.3) is 22.2 Å². The van der Waals surface area contributed by atoms with Crippen molar-refractivity contribution in [1.82, 2.24) is 14.5 Å². The molecule has 1 aromatic carbocycles. The van der Waals surface area contributed by atoms with Gasteiger partial charge in [-0.15, -0.1) is 0 Å². The number of rotatable bonds is 6. The van der Waals surface area contributed by atoms with Gasteiger partial charge in [0.25, 0.3) is 0 Å². The molecule has 1 fully saturated rings. The summed E-state index contributed by atoms with van der Waals surface area (Å²) in [6, 6.07) is 9.02. The van der Waals surface area contributed by atoms with Gasteiger partial charge in [-0.3, -0.25) is 0 Å². The minimum atomic E-state index is -0.157. The van der Waals surface area contributed by atoms with Gasteiger partial charge in [0, 0.05) is 35.9 Å². The molecule has 0 unspecified atom stereocenters. The summed E-state index contributed by atoms with van der Waals surface area (Å²) in [7, 11) is 0. The van der Waals surface area contributed by atoms with Crippen LogP contribution in [0.2, 0.25) is 0 Å². The Bertz CT molecular complexity index is 924. The van der Waals surface area contributed by atoms with E-state index in [2.05, 4.69) is 59.2 Å². The number of aliphatic hydroxyl groups is 1. The second kappa shape index (κ2) is 8.31. The van der Waals surface area contributed by atoms with E-state index in [0.29, 0.717) is 12.0 Å². The fraction of sp³-hybridized carbons (Fsp3) is 0.478. The van der Waals surface area contributed by atoms with Gasteiger partial charge in [-0.1, -0.05) is 43.2 Å². The minimum Gasteiger partial charge on any atom is -0.393 e. The molecule has 0 amide bonds. The molecule has 0 radical (unpaired) electrons. The number of fused-ring (bicyclic) bond motifs is 1. The highest BCUT2D eigenvalue weighted by molar-refractivity contribution is 5.94. The predicted molar refractivity (Wildman–Crippen MR) is 115 cm³/mol. The Kier molecular flexibility index (Phi) is 5.62. The van der Waals surface area contributed by atoms with E-state index < -0.39 is 0 Å². The molecule has 2 aromatic heterocycles. The van der Waals surface area contributed by atoms with E-state index >= 15 is 0 Å². The second-order valence-corrected chi connectivity index (χ2v) is 7.99. The van der Waals surface area contributed by atoms with Crippen LogP contribution in [0.4, 0.5) is 5.95 Å². The third-order valence-corrected chi connectivity index (χ3v) is 5.81. The molecular formula is C23H30N4O. The van der Waals surface area contributed by atoms with Crippen molar-refractivity contribution in [2.75, 3.05) is 11.9 Å².